The number of carbonyl (C=O) groups is 1. The van der Waals surface area contributed by atoms with E-state index in [-0.39, 0.29) is 25.3 Å². The Kier molecular flexibility index (Phi) is 3.82. The third kappa shape index (κ3) is 2.45. The van der Waals surface area contributed by atoms with Crippen molar-refractivity contribution in [3.05, 3.63) is 29.8 Å². The Balaban J connectivity index is 1.96. The number of rotatable bonds is 4. The maximum Gasteiger partial charge on any atom is 0.234 e. The summed E-state index contributed by atoms with van der Waals surface area (Å²) in [5.74, 6) is -0.310. The predicted molar refractivity (Wildman–Crippen MR) is 78.3 cm³/mol. The van der Waals surface area contributed by atoms with Crippen molar-refractivity contribution in [2.24, 2.45) is 5.73 Å². The number of para-hydroxylation sites is 1. The number of hydrogen-bond donors (Lipinski definition) is 1. The highest BCUT2D eigenvalue weighted by atomic mass is 19.1. The molecule has 2 heterocycles. The molecule has 22 heavy (non-hydrogen) atoms. The van der Waals surface area contributed by atoms with Gasteiger partial charge in [0.1, 0.15) is 17.5 Å². The first-order valence-corrected chi connectivity index (χ1v) is 7.32. The maximum absolute atomic E-state index is 13.9. The van der Waals surface area contributed by atoms with Crippen LogP contribution in [-0.2, 0) is 17.9 Å². The van der Waals surface area contributed by atoms with Gasteiger partial charge < -0.3 is 10.3 Å². The van der Waals surface area contributed by atoms with Gasteiger partial charge in [0.2, 0.25) is 5.91 Å². The van der Waals surface area contributed by atoms with Crippen LogP contribution in [0.4, 0.5) is 8.78 Å². The highest BCUT2D eigenvalue weighted by Crippen LogP contribution is 2.25. The summed E-state index contributed by atoms with van der Waals surface area (Å²) in [7, 11) is 0. The molecule has 3 rings (SSSR count). The second-order valence-corrected chi connectivity index (χ2v) is 5.56. The molecule has 1 amide bonds. The number of imidazole rings is 1. The number of aromatic nitrogens is 2. The van der Waals surface area contributed by atoms with Crippen molar-refractivity contribution in [1.82, 2.24) is 14.5 Å². The van der Waals surface area contributed by atoms with Gasteiger partial charge in [0.05, 0.1) is 18.1 Å². The molecule has 0 spiro atoms. The monoisotopic (exact) mass is 308 g/mol. The van der Waals surface area contributed by atoms with Gasteiger partial charge in [-0.05, 0) is 19.1 Å². The molecule has 1 fully saturated rings. The maximum atomic E-state index is 13.9. The molecule has 1 aromatic carbocycles. The van der Waals surface area contributed by atoms with E-state index in [0.717, 1.165) is 0 Å². The third-order valence-electron chi connectivity index (χ3n) is 4.15. The van der Waals surface area contributed by atoms with Gasteiger partial charge in [-0.3, -0.25) is 9.69 Å². The van der Waals surface area contributed by atoms with E-state index in [0.29, 0.717) is 23.4 Å². The van der Waals surface area contributed by atoms with E-state index in [1.54, 1.807) is 17.0 Å². The van der Waals surface area contributed by atoms with Crippen LogP contribution in [0, 0.1) is 5.82 Å². The van der Waals surface area contributed by atoms with Crippen molar-refractivity contribution < 1.29 is 13.6 Å². The van der Waals surface area contributed by atoms with Crippen molar-refractivity contribution in [3.63, 3.8) is 0 Å². The molecule has 1 aliphatic heterocycles. The van der Waals surface area contributed by atoms with E-state index < -0.39 is 18.1 Å². The molecule has 118 valence electrons. The lowest BCUT2D eigenvalue weighted by Crippen LogP contribution is -2.40. The van der Waals surface area contributed by atoms with Gasteiger partial charge in [-0.2, -0.15) is 0 Å². The summed E-state index contributed by atoms with van der Waals surface area (Å²) < 4.78 is 29.4. The highest BCUT2D eigenvalue weighted by molar-refractivity contribution is 5.80. The van der Waals surface area contributed by atoms with E-state index in [1.165, 1.54) is 6.07 Å². The van der Waals surface area contributed by atoms with E-state index in [9.17, 15) is 13.6 Å². The number of nitrogens with zero attached hydrogens (tertiary/aromatic N) is 3. The van der Waals surface area contributed by atoms with Gasteiger partial charge in [0.25, 0.3) is 0 Å². The van der Waals surface area contributed by atoms with Crippen molar-refractivity contribution in [2.45, 2.75) is 38.6 Å². The first kappa shape index (κ1) is 14.9. The number of likely N-dealkylation sites (tertiary alicyclic amines) is 1. The zero-order chi connectivity index (χ0) is 15.9. The topological polar surface area (TPSA) is 64.2 Å². The molecule has 5 nitrogen and oxygen atoms in total. The van der Waals surface area contributed by atoms with Gasteiger partial charge in [-0.15, -0.1) is 0 Å². The van der Waals surface area contributed by atoms with Crippen LogP contribution in [0.5, 0.6) is 0 Å². The van der Waals surface area contributed by atoms with Gasteiger partial charge in [0, 0.05) is 19.5 Å². The number of alkyl halides is 1. The Hall–Kier alpha value is -2.02. The summed E-state index contributed by atoms with van der Waals surface area (Å²) in [6, 6.07) is 4.16. The molecule has 7 heteroatoms. The smallest absolute Gasteiger partial charge is 0.234 e. The minimum atomic E-state index is -1.08. The molecule has 2 N–H and O–H groups in total. The molecule has 2 atom stereocenters. The SMILES string of the molecule is CCn1c(CN2C[C@H](F)C[C@H]2C(N)=O)nc2c(F)cccc21. The molecular formula is C15H18F2N4O. The molecular weight excluding hydrogens is 290 g/mol. The number of fused-ring (bicyclic) bond motifs is 1. The van der Waals surface area contributed by atoms with Crippen LogP contribution < -0.4 is 5.73 Å². The summed E-state index contributed by atoms with van der Waals surface area (Å²) in [4.78, 5) is 17.5. The Morgan fingerprint density at radius 1 is 1.50 bits per heavy atom. The predicted octanol–water partition coefficient (Wildman–Crippen LogP) is 1.59. The number of primary amides is 1. The van der Waals surface area contributed by atoms with E-state index in [2.05, 4.69) is 4.98 Å². The van der Waals surface area contributed by atoms with Crippen LogP contribution in [0.2, 0.25) is 0 Å². The van der Waals surface area contributed by atoms with E-state index in [4.69, 9.17) is 5.73 Å². The van der Waals surface area contributed by atoms with Crippen LogP contribution in [0.3, 0.4) is 0 Å². The number of nitrogens with two attached hydrogens (primary N) is 1. The van der Waals surface area contributed by atoms with Crippen LogP contribution in [0.1, 0.15) is 19.2 Å². The first-order chi connectivity index (χ1) is 10.5. The Morgan fingerprint density at radius 2 is 2.27 bits per heavy atom. The minimum absolute atomic E-state index is 0.107. The largest absolute Gasteiger partial charge is 0.368 e. The van der Waals surface area contributed by atoms with Crippen LogP contribution in [-0.4, -0.2) is 39.1 Å². The van der Waals surface area contributed by atoms with Crippen LogP contribution in [0.15, 0.2) is 18.2 Å². The number of amides is 1. The minimum Gasteiger partial charge on any atom is -0.368 e. The van der Waals surface area contributed by atoms with Crippen LogP contribution in [0.25, 0.3) is 11.0 Å². The second kappa shape index (κ2) is 5.64. The summed E-state index contributed by atoms with van der Waals surface area (Å²) >= 11 is 0. The van der Waals surface area contributed by atoms with Crippen molar-refractivity contribution in [2.75, 3.05) is 6.54 Å². The van der Waals surface area contributed by atoms with E-state index >= 15 is 0 Å². The average molecular weight is 308 g/mol. The van der Waals surface area contributed by atoms with Crippen molar-refractivity contribution in [3.8, 4) is 0 Å². The molecule has 1 aliphatic rings. The van der Waals surface area contributed by atoms with Gasteiger partial charge in [-0.1, -0.05) is 6.07 Å². The molecule has 0 aliphatic carbocycles. The summed E-state index contributed by atoms with van der Waals surface area (Å²) in [5.41, 5.74) is 6.33. The number of carbonyl (C=O) groups excluding carboxylic acids is 1. The fourth-order valence-corrected chi connectivity index (χ4v) is 3.13. The molecule has 0 saturated carbocycles. The van der Waals surface area contributed by atoms with Crippen molar-refractivity contribution in [1.29, 1.82) is 0 Å². The normalized spacial score (nSPS) is 22.5. The number of benzene rings is 1. The Bertz CT molecular complexity index is 715. The molecule has 1 aromatic heterocycles. The number of aryl methyl sites for hydroxylation is 1. The van der Waals surface area contributed by atoms with Gasteiger partial charge in [-0.25, -0.2) is 13.8 Å². The Labute approximate surface area is 126 Å². The zero-order valence-corrected chi connectivity index (χ0v) is 12.3. The lowest BCUT2D eigenvalue weighted by atomic mass is 10.2. The quantitative estimate of drug-likeness (QED) is 0.933. The summed E-state index contributed by atoms with van der Waals surface area (Å²) in [6.07, 6.45) is -0.968. The molecule has 2 aromatic rings. The average Bonchev–Trinajstić information content (AvgIpc) is 3.00. The fraction of sp³-hybridized carbons (Fsp3) is 0.467. The van der Waals surface area contributed by atoms with Gasteiger partial charge in [0.15, 0.2) is 5.82 Å². The molecule has 0 radical (unpaired) electrons. The van der Waals surface area contributed by atoms with Gasteiger partial charge >= 0.3 is 0 Å². The molecule has 1 saturated heterocycles. The molecule has 0 unspecified atom stereocenters. The summed E-state index contributed by atoms with van der Waals surface area (Å²) in [5, 5.41) is 0. The van der Waals surface area contributed by atoms with Crippen molar-refractivity contribution >= 4 is 16.9 Å². The lowest BCUT2D eigenvalue weighted by Gasteiger charge is -2.21. The Morgan fingerprint density at radius 3 is 2.95 bits per heavy atom. The summed E-state index contributed by atoms with van der Waals surface area (Å²) in [6.45, 7) is 2.96. The highest BCUT2D eigenvalue weighted by Gasteiger charge is 2.36. The fourth-order valence-electron chi connectivity index (χ4n) is 3.13. The number of halogens is 2. The zero-order valence-electron chi connectivity index (χ0n) is 12.3. The molecule has 0 bridgehead atoms. The van der Waals surface area contributed by atoms with Crippen LogP contribution >= 0.6 is 0 Å². The standard InChI is InChI=1S/C15H18F2N4O/c1-2-21-11-5-3-4-10(17)14(11)19-13(21)8-20-7-9(16)6-12(20)15(18)22/h3-5,9,12H,2,6-8H2,1H3,(H2,18,22)/t9-,12+/m1/s1. The first-order valence-electron chi connectivity index (χ1n) is 7.32. The second-order valence-electron chi connectivity index (χ2n) is 5.56. The van der Waals surface area contributed by atoms with E-state index in [1.807, 2.05) is 11.5 Å². The number of hydrogen-bond acceptors (Lipinski definition) is 3. The third-order valence-corrected chi connectivity index (χ3v) is 4.15. The lowest BCUT2D eigenvalue weighted by molar-refractivity contribution is -0.122.